The summed E-state index contributed by atoms with van der Waals surface area (Å²) in [5.41, 5.74) is 1.68. The second-order valence-electron chi connectivity index (χ2n) is 5.99. The summed E-state index contributed by atoms with van der Waals surface area (Å²) in [5, 5.41) is 3.90. The first-order valence-corrected chi connectivity index (χ1v) is 8.92. The number of hydrogen-bond acceptors (Lipinski definition) is 3. The average Bonchev–Trinajstić information content (AvgIpc) is 2.66. The number of allylic oxidation sites excluding steroid dienone is 2. The summed E-state index contributed by atoms with van der Waals surface area (Å²) in [6.45, 7) is 0. The molecule has 0 atom stereocenters. The van der Waals surface area contributed by atoms with Gasteiger partial charge in [-0.15, -0.1) is 0 Å². The second-order valence-corrected chi connectivity index (χ2v) is 6.87. The van der Waals surface area contributed by atoms with E-state index in [-0.39, 0.29) is 23.0 Å². The molecule has 6 heteroatoms. The molecule has 1 heterocycles. The average molecular weight is 396 g/mol. The van der Waals surface area contributed by atoms with E-state index in [2.05, 4.69) is 5.32 Å². The Balaban J connectivity index is 1.92. The summed E-state index contributed by atoms with van der Waals surface area (Å²) in [5.74, 6) is -0.510. The van der Waals surface area contributed by atoms with Crippen molar-refractivity contribution in [3.63, 3.8) is 0 Å². The second kappa shape index (κ2) is 6.99. The number of pyridine rings is 1. The number of Topliss-reactive ketones (excluding diaryl/α,β-unsaturated/α-hetero) is 2. The minimum atomic E-state index is -0.271. The zero-order chi connectivity index (χ0) is 19.0. The van der Waals surface area contributed by atoms with E-state index in [1.54, 1.807) is 71.6 Å². The first-order valence-electron chi connectivity index (χ1n) is 8.17. The third kappa shape index (κ3) is 3.25. The molecule has 0 unspecified atom stereocenters. The van der Waals surface area contributed by atoms with E-state index in [1.807, 2.05) is 6.07 Å². The van der Waals surface area contributed by atoms with Gasteiger partial charge in [0.25, 0.3) is 11.5 Å². The van der Waals surface area contributed by atoms with Crippen molar-refractivity contribution in [1.29, 1.82) is 0 Å². The van der Waals surface area contributed by atoms with Crippen LogP contribution in [-0.4, -0.2) is 11.6 Å². The van der Waals surface area contributed by atoms with Crippen LogP contribution in [0.25, 0.3) is 5.70 Å². The van der Waals surface area contributed by atoms with Gasteiger partial charge in [0.15, 0.2) is 18.1 Å². The Morgan fingerprint density at radius 3 is 1.96 bits per heavy atom. The van der Waals surface area contributed by atoms with Gasteiger partial charge in [-0.1, -0.05) is 53.5 Å². The molecule has 1 aromatic heterocycles. The minimum absolute atomic E-state index is 0.174. The number of nitrogens with one attached hydrogen (secondary N) is 1. The number of carbonyl (C=O) groups excluding carboxylic acids is 2. The minimum Gasteiger partial charge on any atom is -0.347 e. The van der Waals surface area contributed by atoms with E-state index in [9.17, 15) is 9.59 Å². The molecule has 1 aliphatic rings. The van der Waals surface area contributed by atoms with Crippen molar-refractivity contribution in [2.75, 3.05) is 5.32 Å². The molecular weight excluding hydrogens is 383 g/mol. The Bertz CT molecular complexity index is 1090. The molecule has 2 aromatic carbocycles. The topological polar surface area (TPSA) is 50.1 Å². The van der Waals surface area contributed by atoms with Crippen LogP contribution >= 0.6 is 23.2 Å². The molecule has 0 radical (unpaired) electrons. The summed E-state index contributed by atoms with van der Waals surface area (Å²) in [6.07, 6.45) is 3.45. The Morgan fingerprint density at radius 1 is 0.741 bits per heavy atom. The largest absolute Gasteiger partial charge is 0.347 e. The summed E-state index contributed by atoms with van der Waals surface area (Å²) in [6, 6.07) is 17.1. The Labute approximate surface area is 165 Å². The molecule has 0 bridgehead atoms. The molecule has 4 rings (SSSR count). The number of aromatic nitrogens is 1. The van der Waals surface area contributed by atoms with Crippen molar-refractivity contribution in [1.82, 2.24) is 0 Å². The zero-order valence-electron chi connectivity index (χ0n) is 13.9. The fourth-order valence-corrected chi connectivity index (χ4v) is 3.57. The number of hydrogen-bond donors (Lipinski definition) is 1. The molecule has 132 valence electrons. The molecule has 1 N–H and O–H groups in total. The molecule has 0 saturated heterocycles. The first-order chi connectivity index (χ1) is 13.0. The van der Waals surface area contributed by atoms with Crippen molar-refractivity contribution in [3.8, 4) is 0 Å². The van der Waals surface area contributed by atoms with Gasteiger partial charge in [-0.05, 0) is 18.2 Å². The highest BCUT2D eigenvalue weighted by Gasteiger charge is 2.38. The predicted octanol–water partition coefficient (Wildman–Crippen LogP) is 4.64. The number of fused-ring (bicyclic) bond motifs is 1. The van der Waals surface area contributed by atoms with Crippen molar-refractivity contribution >= 4 is 46.2 Å². The summed E-state index contributed by atoms with van der Waals surface area (Å²) < 4.78 is 1.63. The van der Waals surface area contributed by atoms with Crippen LogP contribution in [-0.2, 0) is 0 Å². The van der Waals surface area contributed by atoms with E-state index < -0.39 is 0 Å². The number of ketones is 2. The van der Waals surface area contributed by atoms with Gasteiger partial charge in [0, 0.05) is 39.0 Å². The predicted molar refractivity (Wildman–Crippen MR) is 105 cm³/mol. The molecule has 0 saturated carbocycles. The van der Waals surface area contributed by atoms with E-state index in [1.165, 1.54) is 0 Å². The number of benzene rings is 2. The van der Waals surface area contributed by atoms with Gasteiger partial charge >= 0.3 is 0 Å². The van der Waals surface area contributed by atoms with Gasteiger partial charge in [-0.2, -0.15) is 4.57 Å². The third-order valence-corrected chi connectivity index (χ3v) is 4.64. The summed E-state index contributed by atoms with van der Waals surface area (Å²) in [4.78, 5) is 26.3. The van der Waals surface area contributed by atoms with Gasteiger partial charge in [0.05, 0.1) is 0 Å². The monoisotopic (exact) mass is 395 g/mol. The highest BCUT2D eigenvalue weighted by Crippen LogP contribution is 2.29. The Kier molecular flexibility index (Phi) is 4.52. The summed E-state index contributed by atoms with van der Waals surface area (Å²) in [7, 11) is 0. The lowest BCUT2D eigenvalue weighted by Gasteiger charge is -2.18. The number of nitrogens with zero attached hydrogens (tertiary/aromatic N) is 1. The highest BCUT2D eigenvalue weighted by molar-refractivity contribution is 6.37. The normalized spacial score (nSPS) is 13.6. The third-order valence-electron chi connectivity index (χ3n) is 4.20. The van der Waals surface area contributed by atoms with Crippen molar-refractivity contribution in [2.45, 2.75) is 0 Å². The van der Waals surface area contributed by atoms with Gasteiger partial charge in [0.1, 0.15) is 0 Å². The fourth-order valence-electron chi connectivity index (χ4n) is 3.04. The molecule has 0 amide bonds. The molecule has 27 heavy (non-hydrogen) atoms. The molecule has 1 aliphatic carbocycles. The number of anilines is 1. The van der Waals surface area contributed by atoms with E-state index in [4.69, 9.17) is 23.2 Å². The molecule has 0 aliphatic heterocycles. The number of rotatable bonds is 3. The van der Waals surface area contributed by atoms with Gasteiger partial charge < -0.3 is 5.32 Å². The van der Waals surface area contributed by atoms with Crippen LogP contribution in [0.3, 0.4) is 0 Å². The standard InChI is InChI=1S/C21H12Cl2N2O2/c22-13-10-14(23)12-15(11-13)24-18-19(25-8-4-1-5-9-25)21(27)17-7-3-2-6-16(17)20(18)26/h1-12H/p+1. The Morgan fingerprint density at radius 2 is 1.33 bits per heavy atom. The van der Waals surface area contributed by atoms with Crippen LogP contribution in [0.4, 0.5) is 5.69 Å². The van der Waals surface area contributed by atoms with Crippen molar-refractivity contribution in [2.24, 2.45) is 0 Å². The zero-order valence-corrected chi connectivity index (χ0v) is 15.5. The van der Waals surface area contributed by atoms with Crippen LogP contribution in [0, 0.1) is 0 Å². The van der Waals surface area contributed by atoms with E-state index in [0.717, 1.165) is 0 Å². The van der Waals surface area contributed by atoms with Crippen LogP contribution in [0.5, 0.6) is 0 Å². The van der Waals surface area contributed by atoms with Crippen LogP contribution < -0.4 is 9.88 Å². The SMILES string of the molecule is O=C1C(Nc2cc(Cl)cc(Cl)c2)=C([n+]2ccccc2)C(=O)c2ccccc21. The van der Waals surface area contributed by atoms with E-state index >= 15 is 0 Å². The molecule has 0 fully saturated rings. The van der Waals surface area contributed by atoms with E-state index in [0.29, 0.717) is 26.9 Å². The lowest BCUT2D eigenvalue weighted by molar-refractivity contribution is -0.577. The smallest absolute Gasteiger partial charge is 0.286 e. The highest BCUT2D eigenvalue weighted by atomic mass is 35.5. The number of halogens is 2. The van der Waals surface area contributed by atoms with Gasteiger partial charge in [-0.25, -0.2) is 0 Å². The van der Waals surface area contributed by atoms with Crippen LogP contribution in [0.2, 0.25) is 10.0 Å². The molecule has 3 aromatic rings. The maximum absolute atomic E-state index is 13.2. The molecular formula is C21H13Cl2N2O2+. The van der Waals surface area contributed by atoms with Crippen molar-refractivity contribution < 1.29 is 14.2 Å². The fraction of sp³-hybridized carbons (Fsp3) is 0. The number of carbonyl (C=O) groups is 2. The molecule has 4 nitrogen and oxygen atoms in total. The lowest BCUT2D eigenvalue weighted by atomic mass is 9.90. The van der Waals surface area contributed by atoms with Gasteiger partial charge in [0.2, 0.25) is 5.78 Å². The first kappa shape index (κ1) is 17.5. The van der Waals surface area contributed by atoms with Crippen LogP contribution in [0.15, 0.2) is 78.8 Å². The maximum atomic E-state index is 13.2. The van der Waals surface area contributed by atoms with Gasteiger partial charge in [-0.3, -0.25) is 9.59 Å². The quantitative estimate of drug-likeness (QED) is 0.657. The van der Waals surface area contributed by atoms with Crippen LogP contribution in [0.1, 0.15) is 20.7 Å². The maximum Gasteiger partial charge on any atom is 0.286 e. The van der Waals surface area contributed by atoms with Crippen molar-refractivity contribution in [3.05, 3.63) is 99.9 Å². The summed E-state index contributed by atoms with van der Waals surface area (Å²) >= 11 is 12.1. The molecule has 0 spiro atoms. The Hall–Kier alpha value is -2.95. The lowest BCUT2D eigenvalue weighted by Crippen LogP contribution is -2.41.